The zero-order chi connectivity index (χ0) is 31.8. The number of Topliss-reactive ketones (excluding diaryl/α,β-unsaturated/α-hetero) is 1. The number of pyridine rings is 2. The van der Waals surface area contributed by atoms with Gasteiger partial charge in [-0.25, -0.2) is 14.8 Å². The first kappa shape index (κ1) is 31.4. The number of nitrogens with zero attached hydrogens (tertiary/aromatic N) is 3. The normalized spacial score (nSPS) is 16.8. The second kappa shape index (κ2) is 14.7. The van der Waals surface area contributed by atoms with Gasteiger partial charge in [0.1, 0.15) is 0 Å². The maximum absolute atomic E-state index is 13.3. The molecule has 1 fully saturated rings. The summed E-state index contributed by atoms with van der Waals surface area (Å²) in [6, 6.07) is 11.1. The molecule has 3 aromatic rings. The summed E-state index contributed by atoms with van der Waals surface area (Å²) in [5.74, 6) is -1.36. The van der Waals surface area contributed by atoms with E-state index >= 15 is 0 Å². The highest BCUT2D eigenvalue weighted by Gasteiger charge is 2.27. The van der Waals surface area contributed by atoms with Gasteiger partial charge in [0.15, 0.2) is 5.65 Å². The second-order valence-corrected chi connectivity index (χ2v) is 11.4. The van der Waals surface area contributed by atoms with Gasteiger partial charge in [0.25, 0.3) is 0 Å². The van der Waals surface area contributed by atoms with E-state index < -0.39 is 11.9 Å². The van der Waals surface area contributed by atoms with Crippen LogP contribution in [0.25, 0.3) is 11.0 Å². The minimum absolute atomic E-state index is 0.0395. The van der Waals surface area contributed by atoms with Crippen LogP contribution in [0.5, 0.6) is 0 Å². The van der Waals surface area contributed by atoms with Gasteiger partial charge in [-0.15, -0.1) is 0 Å². The molecule has 5 rings (SSSR count). The summed E-state index contributed by atoms with van der Waals surface area (Å²) < 4.78 is 4.78. The molecule has 1 unspecified atom stereocenters. The standard InChI is InChI=1S/C37H39N5O3/c1-4-25-7-5-9-26(10-6-8-25)11-12-27-13-15-28(16-14-27)35(43)34(38)32-17-18-39-33(24(32)2)23-40-31-20-29-19-30(37(44)45-3)21-41-36(29)42-22-31/h4,11,13-22,32,38,40H,2,5-10,12,23H2,1,3H3. The van der Waals surface area contributed by atoms with Crippen molar-refractivity contribution >= 4 is 39.9 Å². The molecule has 0 radical (unpaired) electrons. The summed E-state index contributed by atoms with van der Waals surface area (Å²) in [4.78, 5) is 38.2. The molecule has 45 heavy (non-hydrogen) atoms. The minimum atomic E-state index is -0.569. The Morgan fingerprint density at radius 1 is 1.02 bits per heavy atom. The molecule has 2 N–H and O–H groups in total. The molecule has 8 nitrogen and oxygen atoms in total. The maximum atomic E-state index is 13.3. The van der Waals surface area contributed by atoms with E-state index in [1.165, 1.54) is 44.6 Å². The number of methoxy groups -OCH3 is 1. The fourth-order valence-electron chi connectivity index (χ4n) is 5.74. The molecule has 2 aliphatic rings. The lowest BCUT2D eigenvalue weighted by Gasteiger charge is -2.21. The van der Waals surface area contributed by atoms with E-state index in [9.17, 15) is 9.59 Å². The smallest absolute Gasteiger partial charge is 0.339 e. The van der Waals surface area contributed by atoms with E-state index in [1.54, 1.807) is 30.1 Å². The Balaban J connectivity index is 1.17. The SMILES string of the molecule is C=C1C(CNc2cnc3ncc(C(=O)OC)cc3c2)=NC=CC1C(=N)C(=O)c1ccc(CC=C2CCCC(=CC)CCC2)cc1. The Kier molecular flexibility index (Phi) is 10.2. The first-order chi connectivity index (χ1) is 21.9. The van der Waals surface area contributed by atoms with Crippen LogP contribution in [0.4, 0.5) is 5.69 Å². The molecule has 1 aliphatic heterocycles. The van der Waals surface area contributed by atoms with Crippen molar-refractivity contribution in [2.75, 3.05) is 19.0 Å². The van der Waals surface area contributed by atoms with Crippen molar-refractivity contribution in [2.24, 2.45) is 10.9 Å². The maximum Gasteiger partial charge on any atom is 0.339 e. The van der Waals surface area contributed by atoms with Crippen LogP contribution in [-0.2, 0) is 11.2 Å². The third-order valence-electron chi connectivity index (χ3n) is 8.47. The minimum Gasteiger partial charge on any atom is -0.465 e. The fourth-order valence-corrected chi connectivity index (χ4v) is 5.74. The second-order valence-electron chi connectivity index (χ2n) is 11.4. The van der Waals surface area contributed by atoms with Crippen molar-refractivity contribution in [3.05, 3.63) is 113 Å². The lowest BCUT2D eigenvalue weighted by atomic mass is 9.86. The number of ether oxygens (including phenoxy) is 1. The number of ketones is 1. The zero-order valence-electron chi connectivity index (χ0n) is 25.9. The van der Waals surface area contributed by atoms with Gasteiger partial charge in [0.05, 0.1) is 48.4 Å². The van der Waals surface area contributed by atoms with Crippen molar-refractivity contribution < 1.29 is 14.3 Å². The lowest BCUT2D eigenvalue weighted by Crippen LogP contribution is -2.30. The summed E-state index contributed by atoms with van der Waals surface area (Å²) in [6.45, 7) is 6.64. The van der Waals surface area contributed by atoms with Crippen LogP contribution >= 0.6 is 0 Å². The monoisotopic (exact) mass is 601 g/mol. The number of carbonyl (C=O) groups is 2. The number of carbonyl (C=O) groups excluding carboxylic acids is 2. The number of nitrogens with one attached hydrogen (secondary N) is 2. The van der Waals surface area contributed by atoms with Gasteiger partial charge in [0, 0.05) is 23.3 Å². The first-order valence-electron chi connectivity index (χ1n) is 15.4. The Bertz CT molecular complexity index is 1730. The van der Waals surface area contributed by atoms with E-state index in [-0.39, 0.29) is 11.5 Å². The molecule has 1 atom stereocenters. The van der Waals surface area contributed by atoms with Gasteiger partial charge in [-0.3, -0.25) is 9.79 Å². The van der Waals surface area contributed by atoms with Gasteiger partial charge in [-0.2, -0.15) is 0 Å². The Hall–Kier alpha value is -4.98. The summed E-state index contributed by atoms with van der Waals surface area (Å²) in [6.07, 6.45) is 19.0. The van der Waals surface area contributed by atoms with Crippen molar-refractivity contribution in [3.63, 3.8) is 0 Å². The number of allylic oxidation sites excluding steroid dienone is 5. The predicted molar refractivity (Wildman–Crippen MR) is 180 cm³/mol. The number of aliphatic imine (C=N–C) groups is 1. The number of benzene rings is 1. The summed E-state index contributed by atoms with van der Waals surface area (Å²) >= 11 is 0. The molecule has 0 spiro atoms. The van der Waals surface area contributed by atoms with Gasteiger partial charge < -0.3 is 15.5 Å². The van der Waals surface area contributed by atoms with Crippen LogP contribution in [0.2, 0.25) is 0 Å². The average Bonchev–Trinajstić information content (AvgIpc) is 3.06. The van der Waals surface area contributed by atoms with E-state index in [2.05, 4.69) is 45.9 Å². The quantitative estimate of drug-likeness (QED) is 0.113. The van der Waals surface area contributed by atoms with Crippen LogP contribution in [0, 0.1) is 11.3 Å². The first-order valence-corrected chi connectivity index (χ1v) is 15.4. The molecule has 8 heteroatoms. The summed E-state index contributed by atoms with van der Waals surface area (Å²) in [5.41, 5.74) is 7.50. The third kappa shape index (κ3) is 7.76. The summed E-state index contributed by atoms with van der Waals surface area (Å²) in [5, 5.41) is 12.7. The largest absolute Gasteiger partial charge is 0.465 e. The molecular weight excluding hydrogens is 562 g/mol. The van der Waals surface area contributed by atoms with Gasteiger partial charge in [-0.1, -0.05) is 60.2 Å². The molecule has 0 saturated heterocycles. The molecule has 3 heterocycles. The van der Waals surface area contributed by atoms with E-state index in [1.807, 2.05) is 30.3 Å². The van der Waals surface area contributed by atoms with Crippen molar-refractivity contribution in [1.29, 1.82) is 5.41 Å². The van der Waals surface area contributed by atoms with E-state index in [0.29, 0.717) is 45.7 Å². The van der Waals surface area contributed by atoms with Crippen molar-refractivity contribution in [2.45, 2.75) is 51.9 Å². The highest BCUT2D eigenvalue weighted by Crippen LogP contribution is 2.26. The highest BCUT2D eigenvalue weighted by molar-refractivity contribution is 6.47. The number of hydrogen-bond donors (Lipinski definition) is 2. The fraction of sp³-hybridized carbons (Fsp3) is 0.297. The predicted octanol–water partition coefficient (Wildman–Crippen LogP) is 7.64. The topological polar surface area (TPSA) is 117 Å². The van der Waals surface area contributed by atoms with Crippen molar-refractivity contribution in [3.8, 4) is 0 Å². The number of hydrogen-bond acceptors (Lipinski definition) is 8. The van der Waals surface area contributed by atoms with Gasteiger partial charge >= 0.3 is 5.97 Å². The van der Waals surface area contributed by atoms with E-state index in [0.717, 1.165) is 24.8 Å². The van der Waals surface area contributed by atoms with Crippen LogP contribution in [-0.4, -0.2) is 46.8 Å². The Morgan fingerprint density at radius 2 is 1.73 bits per heavy atom. The van der Waals surface area contributed by atoms with Gasteiger partial charge in [-0.05, 0) is 75.1 Å². The molecule has 1 saturated carbocycles. The van der Waals surface area contributed by atoms with E-state index in [4.69, 9.17) is 10.1 Å². The Labute approximate surface area is 264 Å². The molecule has 2 aromatic heterocycles. The van der Waals surface area contributed by atoms with Crippen LogP contribution in [0.3, 0.4) is 0 Å². The Morgan fingerprint density at radius 3 is 2.44 bits per heavy atom. The average molecular weight is 602 g/mol. The number of esters is 1. The zero-order valence-corrected chi connectivity index (χ0v) is 25.9. The van der Waals surface area contributed by atoms with Crippen LogP contribution in [0.15, 0.2) is 102 Å². The van der Waals surface area contributed by atoms with Crippen LogP contribution < -0.4 is 5.32 Å². The lowest BCUT2D eigenvalue weighted by molar-refractivity contribution is 0.0600. The third-order valence-corrected chi connectivity index (χ3v) is 8.47. The number of fused-ring (bicyclic) bond motifs is 1. The molecular formula is C37H39N5O3. The number of rotatable bonds is 9. The molecule has 0 amide bonds. The molecule has 1 aliphatic carbocycles. The van der Waals surface area contributed by atoms with Crippen molar-refractivity contribution in [1.82, 2.24) is 9.97 Å². The number of anilines is 1. The summed E-state index contributed by atoms with van der Waals surface area (Å²) in [7, 11) is 1.32. The van der Waals surface area contributed by atoms with Crippen LogP contribution in [0.1, 0.15) is 71.7 Å². The highest BCUT2D eigenvalue weighted by atomic mass is 16.5. The number of aromatic nitrogens is 2. The molecule has 0 bridgehead atoms. The molecule has 230 valence electrons. The molecule has 1 aromatic carbocycles. The van der Waals surface area contributed by atoms with Gasteiger partial charge in [0.2, 0.25) is 5.78 Å².